The van der Waals surface area contributed by atoms with Crippen molar-refractivity contribution in [3.8, 4) is 0 Å². The summed E-state index contributed by atoms with van der Waals surface area (Å²) in [4.78, 5) is 14.4. The average Bonchev–Trinajstić information content (AvgIpc) is 3.07. The third-order valence-electron chi connectivity index (χ3n) is 3.37. The second-order valence-corrected chi connectivity index (χ2v) is 6.28. The van der Waals surface area contributed by atoms with E-state index in [1.807, 2.05) is 12.1 Å². The quantitative estimate of drug-likeness (QED) is 0.805. The number of thiophene rings is 1. The van der Waals surface area contributed by atoms with Crippen LogP contribution < -0.4 is 5.32 Å². The smallest absolute Gasteiger partial charge is 0.266 e. The fourth-order valence-electron chi connectivity index (χ4n) is 2.32. The Kier molecular flexibility index (Phi) is 5.56. The molecule has 2 aromatic heterocycles. The summed E-state index contributed by atoms with van der Waals surface area (Å²) in [5.74, 6) is 0.540. The molecule has 0 atom stereocenters. The first-order valence-corrected chi connectivity index (χ1v) is 8.46. The molecule has 2 N–H and O–H groups in total. The van der Waals surface area contributed by atoms with Gasteiger partial charge in [0, 0.05) is 16.6 Å². The molecular formula is C16H23N3OS. The topological polar surface area (TPSA) is 57.8 Å². The number of anilines is 1. The van der Waals surface area contributed by atoms with Crippen molar-refractivity contribution < 1.29 is 4.79 Å². The molecule has 2 rings (SSSR count). The van der Waals surface area contributed by atoms with Crippen LogP contribution >= 0.6 is 11.3 Å². The van der Waals surface area contributed by atoms with Gasteiger partial charge in [0.25, 0.3) is 5.91 Å². The van der Waals surface area contributed by atoms with Crippen molar-refractivity contribution in [3.63, 3.8) is 0 Å². The van der Waals surface area contributed by atoms with Gasteiger partial charge in [0.15, 0.2) is 5.82 Å². The summed E-state index contributed by atoms with van der Waals surface area (Å²) in [7, 11) is 0. The highest BCUT2D eigenvalue weighted by atomic mass is 32.1. The van der Waals surface area contributed by atoms with Crippen molar-refractivity contribution in [2.24, 2.45) is 0 Å². The molecule has 0 bridgehead atoms. The standard InChI is InChI=1S/C16H23N3OS/c1-4-7-12-10-15(19-18-12)17-16(20)14-9-11(6-3)13(21-14)8-5-2/h9-10H,4-8H2,1-3H3,(H2,17,18,19,20). The molecule has 0 aliphatic carbocycles. The third kappa shape index (κ3) is 3.94. The zero-order chi connectivity index (χ0) is 15.2. The van der Waals surface area contributed by atoms with Crippen molar-refractivity contribution in [1.82, 2.24) is 10.2 Å². The van der Waals surface area contributed by atoms with Gasteiger partial charge >= 0.3 is 0 Å². The molecule has 0 aromatic carbocycles. The van der Waals surface area contributed by atoms with Crippen LogP contribution in [0.3, 0.4) is 0 Å². The maximum Gasteiger partial charge on any atom is 0.266 e. The monoisotopic (exact) mass is 305 g/mol. The Morgan fingerprint density at radius 1 is 1.24 bits per heavy atom. The number of amides is 1. The number of nitrogens with zero attached hydrogens (tertiary/aromatic N) is 1. The number of nitrogens with one attached hydrogen (secondary N) is 2. The Bertz CT molecular complexity index is 600. The van der Waals surface area contributed by atoms with E-state index in [9.17, 15) is 4.79 Å². The highest BCUT2D eigenvalue weighted by Crippen LogP contribution is 2.25. The first kappa shape index (κ1) is 15.8. The van der Waals surface area contributed by atoms with Crippen LogP contribution in [0.25, 0.3) is 0 Å². The molecule has 0 aliphatic heterocycles. The first-order chi connectivity index (χ1) is 10.2. The van der Waals surface area contributed by atoms with Gasteiger partial charge in [-0.1, -0.05) is 33.6 Å². The average molecular weight is 305 g/mol. The van der Waals surface area contributed by atoms with Gasteiger partial charge in [-0.15, -0.1) is 11.3 Å². The van der Waals surface area contributed by atoms with Crippen molar-refractivity contribution in [3.05, 3.63) is 33.1 Å². The van der Waals surface area contributed by atoms with Crippen LogP contribution in [0, 0.1) is 0 Å². The number of hydrogen-bond donors (Lipinski definition) is 2. The zero-order valence-corrected chi connectivity index (χ0v) is 13.8. The summed E-state index contributed by atoms with van der Waals surface area (Å²) in [6.45, 7) is 6.41. The van der Waals surface area contributed by atoms with Gasteiger partial charge in [-0.3, -0.25) is 9.89 Å². The first-order valence-electron chi connectivity index (χ1n) is 7.65. The Morgan fingerprint density at radius 2 is 2.00 bits per heavy atom. The number of rotatable bonds is 7. The van der Waals surface area contributed by atoms with Crippen LogP contribution in [0.4, 0.5) is 5.82 Å². The molecule has 0 saturated heterocycles. The summed E-state index contributed by atoms with van der Waals surface area (Å²) >= 11 is 1.60. The second kappa shape index (κ2) is 7.41. The lowest BCUT2D eigenvalue weighted by atomic mass is 10.1. The van der Waals surface area contributed by atoms with Crippen LogP contribution in [0.2, 0.25) is 0 Å². The fraction of sp³-hybridized carbons (Fsp3) is 0.500. The second-order valence-electron chi connectivity index (χ2n) is 5.15. The van der Waals surface area contributed by atoms with Crippen LogP contribution in [0.5, 0.6) is 0 Å². The highest BCUT2D eigenvalue weighted by molar-refractivity contribution is 7.14. The predicted molar refractivity (Wildman–Crippen MR) is 88.2 cm³/mol. The minimum absolute atomic E-state index is 0.0633. The number of H-pyrrole nitrogens is 1. The minimum Gasteiger partial charge on any atom is -0.304 e. The molecule has 0 fully saturated rings. The van der Waals surface area contributed by atoms with Gasteiger partial charge in [0.2, 0.25) is 0 Å². The van der Waals surface area contributed by atoms with E-state index < -0.39 is 0 Å². The molecule has 0 radical (unpaired) electrons. The number of aryl methyl sites for hydroxylation is 3. The van der Waals surface area contributed by atoms with Crippen LogP contribution in [0.15, 0.2) is 12.1 Å². The van der Waals surface area contributed by atoms with Gasteiger partial charge in [-0.2, -0.15) is 5.10 Å². The molecule has 0 unspecified atom stereocenters. The number of carbonyl (C=O) groups excluding carboxylic acids is 1. The minimum atomic E-state index is -0.0633. The lowest BCUT2D eigenvalue weighted by Crippen LogP contribution is -2.10. The predicted octanol–water partition coefficient (Wildman–Crippen LogP) is 4.19. The van der Waals surface area contributed by atoms with E-state index in [1.165, 1.54) is 10.4 Å². The van der Waals surface area contributed by atoms with Gasteiger partial charge in [-0.05, 0) is 30.9 Å². The van der Waals surface area contributed by atoms with E-state index in [0.717, 1.165) is 42.7 Å². The van der Waals surface area contributed by atoms with E-state index in [1.54, 1.807) is 11.3 Å². The van der Waals surface area contributed by atoms with Crippen molar-refractivity contribution in [2.45, 2.75) is 52.9 Å². The van der Waals surface area contributed by atoms with Crippen molar-refractivity contribution >= 4 is 23.1 Å². The molecular weight excluding hydrogens is 282 g/mol. The summed E-state index contributed by atoms with van der Waals surface area (Å²) in [6.07, 6.45) is 5.13. The molecule has 114 valence electrons. The highest BCUT2D eigenvalue weighted by Gasteiger charge is 2.14. The van der Waals surface area contributed by atoms with Crippen LogP contribution in [-0.2, 0) is 19.3 Å². The number of aromatic nitrogens is 2. The fourth-order valence-corrected chi connectivity index (χ4v) is 3.57. The lowest BCUT2D eigenvalue weighted by Gasteiger charge is -1.97. The Morgan fingerprint density at radius 3 is 2.67 bits per heavy atom. The molecule has 0 spiro atoms. The molecule has 1 amide bonds. The molecule has 0 saturated carbocycles. The van der Waals surface area contributed by atoms with Crippen molar-refractivity contribution in [1.29, 1.82) is 0 Å². The summed E-state index contributed by atoms with van der Waals surface area (Å²) in [5.41, 5.74) is 2.35. The van der Waals surface area contributed by atoms with Gasteiger partial charge in [0.05, 0.1) is 4.88 Å². The van der Waals surface area contributed by atoms with Crippen LogP contribution in [0.1, 0.15) is 59.4 Å². The maximum atomic E-state index is 12.3. The molecule has 2 heterocycles. The van der Waals surface area contributed by atoms with Gasteiger partial charge in [0.1, 0.15) is 0 Å². The molecule has 4 nitrogen and oxygen atoms in total. The van der Waals surface area contributed by atoms with E-state index in [2.05, 4.69) is 36.3 Å². The lowest BCUT2D eigenvalue weighted by molar-refractivity contribution is 0.103. The summed E-state index contributed by atoms with van der Waals surface area (Å²) in [5, 5.41) is 9.96. The summed E-state index contributed by atoms with van der Waals surface area (Å²) in [6, 6.07) is 3.92. The molecule has 2 aromatic rings. The number of carbonyl (C=O) groups is 1. The number of hydrogen-bond acceptors (Lipinski definition) is 3. The van der Waals surface area contributed by atoms with E-state index >= 15 is 0 Å². The SMILES string of the molecule is CCCc1cc(NC(=O)c2cc(CC)c(CCC)s2)n[nH]1. The van der Waals surface area contributed by atoms with Crippen LogP contribution in [-0.4, -0.2) is 16.1 Å². The van der Waals surface area contributed by atoms with Gasteiger partial charge in [-0.25, -0.2) is 0 Å². The molecule has 21 heavy (non-hydrogen) atoms. The van der Waals surface area contributed by atoms with E-state index in [-0.39, 0.29) is 5.91 Å². The normalized spacial score (nSPS) is 10.8. The third-order valence-corrected chi connectivity index (χ3v) is 4.61. The Labute approximate surface area is 130 Å². The Hall–Kier alpha value is -1.62. The van der Waals surface area contributed by atoms with Crippen molar-refractivity contribution in [2.75, 3.05) is 5.32 Å². The number of aromatic amines is 1. The molecule has 5 heteroatoms. The summed E-state index contributed by atoms with van der Waals surface area (Å²) < 4.78 is 0. The zero-order valence-electron chi connectivity index (χ0n) is 13.0. The maximum absolute atomic E-state index is 12.3. The van der Waals surface area contributed by atoms with Gasteiger partial charge < -0.3 is 5.32 Å². The largest absolute Gasteiger partial charge is 0.304 e. The van der Waals surface area contributed by atoms with E-state index in [4.69, 9.17) is 0 Å². The molecule has 0 aliphatic rings. The van der Waals surface area contributed by atoms with E-state index in [0.29, 0.717) is 5.82 Å². The Balaban J connectivity index is 2.08.